The summed E-state index contributed by atoms with van der Waals surface area (Å²) in [5.74, 6) is 0. The van der Waals surface area contributed by atoms with Crippen LogP contribution in [-0.2, 0) is 0 Å². The summed E-state index contributed by atoms with van der Waals surface area (Å²) in [6.07, 6.45) is 0. The van der Waals surface area contributed by atoms with Crippen LogP contribution in [-0.4, -0.2) is 9.97 Å². The van der Waals surface area contributed by atoms with Crippen molar-refractivity contribution in [1.29, 1.82) is 5.26 Å². The van der Waals surface area contributed by atoms with Gasteiger partial charge in [-0.1, -0.05) is 11.6 Å². The summed E-state index contributed by atoms with van der Waals surface area (Å²) in [5, 5.41) is 9.29. The molecule has 1 aromatic heterocycles. The fourth-order valence-electron chi connectivity index (χ4n) is 1.10. The number of hydrogen-bond acceptors (Lipinski definition) is 2. The molecule has 0 saturated heterocycles. The van der Waals surface area contributed by atoms with Crippen LogP contribution >= 0.6 is 23.2 Å². The number of imidazole rings is 1. The van der Waals surface area contributed by atoms with Gasteiger partial charge >= 0.3 is 0 Å². The van der Waals surface area contributed by atoms with Crippen molar-refractivity contribution in [1.82, 2.24) is 9.97 Å². The second-order valence-corrected chi connectivity index (χ2v) is 3.20. The highest BCUT2D eigenvalue weighted by atomic mass is 35.5. The molecule has 5 heteroatoms. The topological polar surface area (TPSA) is 52.5 Å². The third-order valence-electron chi connectivity index (χ3n) is 1.68. The van der Waals surface area contributed by atoms with Gasteiger partial charge in [0.1, 0.15) is 11.6 Å². The molecule has 3 nitrogen and oxygen atoms in total. The molecule has 0 unspecified atom stereocenters. The van der Waals surface area contributed by atoms with Crippen LogP contribution in [0.4, 0.5) is 0 Å². The van der Waals surface area contributed by atoms with Crippen LogP contribution in [0.2, 0.25) is 10.3 Å². The number of nitriles is 1. The van der Waals surface area contributed by atoms with E-state index in [0.717, 1.165) is 5.52 Å². The highest BCUT2D eigenvalue weighted by Gasteiger charge is 2.08. The van der Waals surface area contributed by atoms with Crippen LogP contribution in [0.1, 0.15) is 5.56 Å². The smallest absolute Gasteiger partial charge is 0.201 e. The summed E-state index contributed by atoms with van der Waals surface area (Å²) >= 11 is 11.5. The second-order valence-electron chi connectivity index (χ2n) is 2.46. The number of nitrogens with zero attached hydrogens (tertiary/aromatic N) is 2. The van der Waals surface area contributed by atoms with E-state index < -0.39 is 0 Å². The molecule has 1 heterocycles. The first-order valence-electron chi connectivity index (χ1n) is 3.46. The number of rotatable bonds is 0. The Morgan fingerprint density at radius 2 is 2.15 bits per heavy atom. The number of H-pyrrole nitrogens is 1. The lowest BCUT2D eigenvalue weighted by Crippen LogP contribution is -1.78. The molecule has 0 aliphatic heterocycles. The van der Waals surface area contributed by atoms with Gasteiger partial charge in [-0.15, -0.1) is 0 Å². The summed E-state index contributed by atoms with van der Waals surface area (Å²) < 4.78 is 0. The third kappa shape index (κ3) is 1.24. The van der Waals surface area contributed by atoms with Crippen LogP contribution < -0.4 is 0 Å². The average Bonchev–Trinajstić information content (AvgIpc) is 2.47. The van der Waals surface area contributed by atoms with Gasteiger partial charge in [-0.2, -0.15) is 5.26 Å². The second kappa shape index (κ2) is 2.91. The maximum atomic E-state index is 8.68. The van der Waals surface area contributed by atoms with E-state index in [4.69, 9.17) is 28.5 Å². The molecule has 0 fully saturated rings. The minimum atomic E-state index is 0.270. The number of fused-ring (bicyclic) bond motifs is 1. The summed E-state index contributed by atoms with van der Waals surface area (Å²) in [7, 11) is 0. The first kappa shape index (κ1) is 8.36. The molecule has 2 rings (SSSR count). The van der Waals surface area contributed by atoms with Gasteiger partial charge in [0.05, 0.1) is 16.1 Å². The molecule has 0 aliphatic carbocycles. The Kier molecular flexibility index (Phi) is 1.87. The predicted octanol–water partition coefficient (Wildman–Crippen LogP) is 2.74. The molecule has 1 N–H and O–H groups in total. The van der Waals surface area contributed by atoms with Crippen molar-refractivity contribution in [3.05, 3.63) is 28.0 Å². The largest absolute Gasteiger partial charge is 0.329 e. The number of halogens is 2. The van der Waals surface area contributed by atoms with Gasteiger partial charge in [0.15, 0.2) is 0 Å². The first-order chi connectivity index (χ1) is 6.22. The zero-order chi connectivity index (χ0) is 9.42. The molecular weight excluding hydrogens is 209 g/mol. The molecule has 64 valence electrons. The molecule has 0 spiro atoms. The summed E-state index contributed by atoms with van der Waals surface area (Å²) in [6, 6.07) is 5.31. The number of aromatic nitrogens is 2. The molecule has 0 radical (unpaired) electrons. The Balaban J connectivity index is 2.87. The SMILES string of the molecule is N#Cc1ccc2[nH]c(Cl)nc2c1Cl. The van der Waals surface area contributed by atoms with Gasteiger partial charge in [-0.3, -0.25) is 0 Å². The fraction of sp³-hybridized carbons (Fsp3) is 0. The van der Waals surface area contributed by atoms with Crippen LogP contribution in [0.15, 0.2) is 12.1 Å². The molecule has 13 heavy (non-hydrogen) atoms. The van der Waals surface area contributed by atoms with E-state index in [9.17, 15) is 0 Å². The lowest BCUT2D eigenvalue weighted by Gasteiger charge is -1.93. The van der Waals surface area contributed by atoms with Crippen molar-refractivity contribution >= 4 is 34.2 Å². The van der Waals surface area contributed by atoms with Crippen molar-refractivity contribution in [3.63, 3.8) is 0 Å². The summed E-state index contributed by atoms with van der Waals surface area (Å²) in [4.78, 5) is 6.76. The molecule has 1 aromatic carbocycles. The van der Waals surface area contributed by atoms with Crippen LogP contribution in [0.25, 0.3) is 11.0 Å². The molecule has 0 atom stereocenters. The number of nitrogens with one attached hydrogen (secondary N) is 1. The zero-order valence-corrected chi connectivity index (χ0v) is 7.82. The summed E-state index contributed by atoms with van der Waals surface area (Å²) in [5.41, 5.74) is 1.66. The monoisotopic (exact) mass is 211 g/mol. The van der Waals surface area contributed by atoms with E-state index in [1.165, 1.54) is 0 Å². The quantitative estimate of drug-likeness (QED) is 0.729. The zero-order valence-electron chi connectivity index (χ0n) is 6.31. The van der Waals surface area contributed by atoms with Crippen molar-refractivity contribution < 1.29 is 0 Å². The molecule has 0 saturated carbocycles. The van der Waals surface area contributed by atoms with Crippen LogP contribution in [0.5, 0.6) is 0 Å². The molecule has 0 amide bonds. The highest BCUT2D eigenvalue weighted by molar-refractivity contribution is 6.36. The van der Waals surface area contributed by atoms with E-state index >= 15 is 0 Å². The molecule has 0 bridgehead atoms. The number of aromatic amines is 1. The standard InChI is InChI=1S/C8H3Cl2N3/c9-6-4(3-11)1-2-5-7(6)13-8(10)12-5/h1-2H,(H,12,13). The van der Waals surface area contributed by atoms with Crippen LogP contribution in [0.3, 0.4) is 0 Å². The molecule has 2 aromatic rings. The Hall–Kier alpha value is -1.24. The predicted molar refractivity (Wildman–Crippen MR) is 50.8 cm³/mol. The fourth-order valence-corrected chi connectivity index (χ4v) is 1.53. The Labute approximate surface area is 83.9 Å². The van der Waals surface area contributed by atoms with E-state index in [1.54, 1.807) is 12.1 Å². The van der Waals surface area contributed by atoms with Crippen molar-refractivity contribution in [2.75, 3.05) is 0 Å². The van der Waals surface area contributed by atoms with Crippen molar-refractivity contribution in [2.45, 2.75) is 0 Å². The summed E-state index contributed by atoms with van der Waals surface area (Å²) in [6.45, 7) is 0. The minimum Gasteiger partial charge on any atom is -0.329 e. The van der Waals surface area contributed by atoms with Gasteiger partial charge in [0.2, 0.25) is 5.28 Å². The van der Waals surface area contributed by atoms with E-state index in [1.807, 2.05) is 6.07 Å². The van der Waals surface area contributed by atoms with E-state index in [-0.39, 0.29) is 5.28 Å². The number of benzene rings is 1. The lowest BCUT2D eigenvalue weighted by molar-refractivity contribution is 1.34. The Morgan fingerprint density at radius 1 is 1.38 bits per heavy atom. The van der Waals surface area contributed by atoms with Gasteiger partial charge in [0, 0.05) is 0 Å². The maximum absolute atomic E-state index is 8.68. The van der Waals surface area contributed by atoms with Gasteiger partial charge < -0.3 is 4.98 Å². The normalized spacial score (nSPS) is 10.2. The van der Waals surface area contributed by atoms with Crippen molar-refractivity contribution in [2.24, 2.45) is 0 Å². The highest BCUT2D eigenvalue weighted by Crippen LogP contribution is 2.26. The van der Waals surface area contributed by atoms with E-state index in [2.05, 4.69) is 9.97 Å². The Morgan fingerprint density at radius 3 is 2.85 bits per heavy atom. The van der Waals surface area contributed by atoms with Gasteiger partial charge in [0.25, 0.3) is 0 Å². The lowest BCUT2D eigenvalue weighted by atomic mass is 10.2. The van der Waals surface area contributed by atoms with Gasteiger partial charge in [-0.25, -0.2) is 4.98 Å². The molecular formula is C8H3Cl2N3. The van der Waals surface area contributed by atoms with Gasteiger partial charge in [-0.05, 0) is 23.7 Å². The van der Waals surface area contributed by atoms with E-state index in [0.29, 0.717) is 16.1 Å². The molecule has 0 aliphatic rings. The number of hydrogen-bond donors (Lipinski definition) is 1. The van der Waals surface area contributed by atoms with Crippen LogP contribution in [0, 0.1) is 11.3 Å². The first-order valence-corrected chi connectivity index (χ1v) is 4.22. The average molecular weight is 212 g/mol. The minimum absolute atomic E-state index is 0.270. The third-order valence-corrected chi connectivity index (χ3v) is 2.25. The maximum Gasteiger partial charge on any atom is 0.201 e. The van der Waals surface area contributed by atoms with Crippen molar-refractivity contribution in [3.8, 4) is 6.07 Å². The Bertz CT molecular complexity index is 510.